The van der Waals surface area contributed by atoms with Crippen LogP contribution in [0, 0.1) is 0 Å². The molecule has 0 atom stereocenters. The normalized spacial score (nSPS) is 20.5. The predicted octanol–water partition coefficient (Wildman–Crippen LogP) is 2.45. The smallest absolute Gasteiger partial charge is 0.0402 e. The Bertz CT molecular complexity index is 86.1. The van der Waals surface area contributed by atoms with E-state index >= 15 is 0 Å². The summed E-state index contributed by atoms with van der Waals surface area (Å²) in [6, 6.07) is 0.512. The first-order valence-electron chi connectivity index (χ1n) is 5.67. The Morgan fingerprint density at radius 3 is 1.69 bits per heavy atom. The fourth-order valence-corrected chi connectivity index (χ4v) is 1.66. The third-order valence-corrected chi connectivity index (χ3v) is 2.40. The zero-order valence-corrected chi connectivity index (χ0v) is 8.97. The third-order valence-electron chi connectivity index (χ3n) is 2.40. The second kappa shape index (κ2) is 10.0. The standard InChI is InChI=1S/C9H19N.C2H6O/c10-9-7-5-3-1-2-4-6-8-9;1-2-3/h9H,1-8,10H2;3H,2H2,1H3. The number of hydrogen-bond acceptors (Lipinski definition) is 2. The van der Waals surface area contributed by atoms with E-state index in [1.807, 2.05) is 0 Å². The van der Waals surface area contributed by atoms with E-state index in [9.17, 15) is 0 Å². The monoisotopic (exact) mass is 187 g/mol. The van der Waals surface area contributed by atoms with Crippen LogP contribution in [0.5, 0.6) is 0 Å². The van der Waals surface area contributed by atoms with Crippen LogP contribution in [0.1, 0.15) is 58.3 Å². The van der Waals surface area contributed by atoms with Crippen LogP contribution in [0.15, 0.2) is 0 Å². The summed E-state index contributed by atoms with van der Waals surface area (Å²) < 4.78 is 0. The number of aliphatic hydroxyl groups is 1. The van der Waals surface area contributed by atoms with Crippen molar-refractivity contribution >= 4 is 0 Å². The maximum atomic E-state index is 7.57. The van der Waals surface area contributed by atoms with Gasteiger partial charge in [0.15, 0.2) is 0 Å². The highest BCUT2D eigenvalue weighted by atomic mass is 16.2. The first-order valence-corrected chi connectivity index (χ1v) is 5.67. The maximum Gasteiger partial charge on any atom is 0.0402 e. The predicted molar refractivity (Wildman–Crippen MR) is 57.7 cm³/mol. The molecule has 1 aliphatic carbocycles. The van der Waals surface area contributed by atoms with E-state index in [0.717, 1.165) is 0 Å². The molecule has 0 aliphatic heterocycles. The van der Waals surface area contributed by atoms with Crippen LogP contribution in [0.3, 0.4) is 0 Å². The summed E-state index contributed by atoms with van der Waals surface area (Å²) in [5.41, 5.74) is 5.87. The van der Waals surface area contributed by atoms with Crippen LogP contribution in [-0.2, 0) is 0 Å². The Morgan fingerprint density at radius 2 is 1.31 bits per heavy atom. The van der Waals surface area contributed by atoms with Crippen molar-refractivity contribution in [3.63, 3.8) is 0 Å². The molecule has 0 aromatic rings. The molecule has 0 radical (unpaired) electrons. The molecular weight excluding hydrogens is 162 g/mol. The average Bonchev–Trinajstić information content (AvgIpc) is 2.20. The van der Waals surface area contributed by atoms with Crippen molar-refractivity contribution in [1.82, 2.24) is 0 Å². The molecule has 0 bridgehead atoms. The lowest BCUT2D eigenvalue weighted by atomic mass is 10.1. The minimum Gasteiger partial charge on any atom is -0.397 e. The molecule has 0 amide bonds. The molecule has 1 fully saturated rings. The van der Waals surface area contributed by atoms with Gasteiger partial charge in [0.1, 0.15) is 0 Å². The average molecular weight is 187 g/mol. The summed E-state index contributed by atoms with van der Waals surface area (Å²) >= 11 is 0. The lowest BCUT2D eigenvalue weighted by molar-refractivity contribution is 0.318. The molecule has 1 aliphatic rings. The van der Waals surface area contributed by atoms with Crippen molar-refractivity contribution in [3.8, 4) is 0 Å². The molecule has 0 aromatic carbocycles. The minimum atomic E-state index is 0.250. The van der Waals surface area contributed by atoms with E-state index < -0.39 is 0 Å². The van der Waals surface area contributed by atoms with Gasteiger partial charge in [-0.05, 0) is 19.8 Å². The van der Waals surface area contributed by atoms with Crippen LogP contribution in [0.25, 0.3) is 0 Å². The van der Waals surface area contributed by atoms with Gasteiger partial charge in [-0.2, -0.15) is 0 Å². The van der Waals surface area contributed by atoms with Gasteiger partial charge in [-0.3, -0.25) is 0 Å². The molecule has 0 spiro atoms. The summed E-state index contributed by atoms with van der Waals surface area (Å²) in [6.07, 6.45) is 10.9. The van der Waals surface area contributed by atoms with Gasteiger partial charge < -0.3 is 10.8 Å². The van der Waals surface area contributed by atoms with E-state index in [1.165, 1.54) is 51.4 Å². The van der Waals surface area contributed by atoms with Crippen molar-refractivity contribution in [1.29, 1.82) is 0 Å². The van der Waals surface area contributed by atoms with Crippen LogP contribution < -0.4 is 5.73 Å². The SMILES string of the molecule is CCO.NC1CCCCCCCC1. The zero-order valence-electron chi connectivity index (χ0n) is 8.97. The van der Waals surface area contributed by atoms with Gasteiger partial charge in [0, 0.05) is 12.6 Å². The highest BCUT2D eigenvalue weighted by molar-refractivity contribution is 4.63. The number of hydrogen-bond donors (Lipinski definition) is 2. The molecule has 0 aromatic heterocycles. The second-order valence-electron chi connectivity index (χ2n) is 3.77. The van der Waals surface area contributed by atoms with Gasteiger partial charge >= 0.3 is 0 Å². The minimum absolute atomic E-state index is 0.250. The van der Waals surface area contributed by atoms with E-state index in [2.05, 4.69) is 0 Å². The first-order chi connectivity index (χ1) is 6.31. The lowest BCUT2D eigenvalue weighted by Crippen LogP contribution is -2.18. The largest absolute Gasteiger partial charge is 0.397 e. The van der Waals surface area contributed by atoms with Crippen molar-refractivity contribution in [2.45, 2.75) is 64.3 Å². The Morgan fingerprint density at radius 1 is 1.00 bits per heavy atom. The van der Waals surface area contributed by atoms with Crippen LogP contribution in [0.2, 0.25) is 0 Å². The summed E-state index contributed by atoms with van der Waals surface area (Å²) in [5, 5.41) is 7.57. The van der Waals surface area contributed by atoms with Gasteiger partial charge in [0.25, 0.3) is 0 Å². The highest BCUT2D eigenvalue weighted by Crippen LogP contribution is 2.15. The second-order valence-corrected chi connectivity index (χ2v) is 3.77. The summed E-state index contributed by atoms with van der Waals surface area (Å²) in [4.78, 5) is 0. The fraction of sp³-hybridized carbons (Fsp3) is 1.00. The molecule has 0 saturated heterocycles. The Balaban J connectivity index is 0.000000424. The van der Waals surface area contributed by atoms with E-state index in [4.69, 9.17) is 10.8 Å². The van der Waals surface area contributed by atoms with Crippen LogP contribution >= 0.6 is 0 Å². The molecule has 2 heteroatoms. The topological polar surface area (TPSA) is 46.2 Å². The highest BCUT2D eigenvalue weighted by Gasteiger charge is 2.04. The molecule has 0 heterocycles. The van der Waals surface area contributed by atoms with Gasteiger partial charge in [0.05, 0.1) is 0 Å². The van der Waals surface area contributed by atoms with Gasteiger partial charge in [0.2, 0.25) is 0 Å². The van der Waals surface area contributed by atoms with Crippen LogP contribution in [0.4, 0.5) is 0 Å². The van der Waals surface area contributed by atoms with Crippen molar-refractivity contribution in [3.05, 3.63) is 0 Å². The zero-order chi connectivity index (χ0) is 9.94. The van der Waals surface area contributed by atoms with E-state index in [-0.39, 0.29) is 6.61 Å². The molecule has 3 N–H and O–H groups in total. The van der Waals surface area contributed by atoms with Crippen molar-refractivity contribution < 1.29 is 5.11 Å². The number of aliphatic hydroxyl groups excluding tert-OH is 1. The Hall–Kier alpha value is -0.0800. The maximum absolute atomic E-state index is 7.57. The molecule has 1 rings (SSSR count). The van der Waals surface area contributed by atoms with Crippen LogP contribution in [-0.4, -0.2) is 17.8 Å². The molecule has 2 nitrogen and oxygen atoms in total. The number of rotatable bonds is 0. The van der Waals surface area contributed by atoms with E-state index in [0.29, 0.717) is 6.04 Å². The summed E-state index contributed by atoms with van der Waals surface area (Å²) in [6.45, 7) is 1.93. The molecule has 13 heavy (non-hydrogen) atoms. The summed E-state index contributed by atoms with van der Waals surface area (Å²) in [5.74, 6) is 0. The Kier molecular flexibility index (Phi) is 9.94. The molecule has 0 unspecified atom stereocenters. The van der Waals surface area contributed by atoms with Gasteiger partial charge in [-0.15, -0.1) is 0 Å². The van der Waals surface area contributed by atoms with Crippen molar-refractivity contribution in [2.75, 3.05) is 6.61 Å². The number of nitrogens with two attached hydrogens (primary N) is 1. The molecular formula is C11H25NO. The molecule has 1 saturated carbocycles. The van der Waals surface area contributed by atoms with Crippen molar-refractivity contribution in [2.24, 2.45) is 5.73 Å². The Labute approximate surface area is 82.5 Å². The third kappa shape index (κ3) is 9.84. The molecule has 80 valence electrons. The van der Waals surface area contributed by atoms with Gasteiger partial charge in [-0.1, -0.05) is 38.5 Å². The first kappa shape index (κ1) is 12.9. The van der Waals surface area contributed by atoms with Gasteiger partial charge in [-0.25, -0.2) is 0 Å². The summed E-state index contributed by atoms with van der Waals surface area (Å²) in [7, 11) is 0. The quantitative estimate of drug-likeness (QED) is 0.612. The van der Waals surface area contributed by atoms with E-state index in [1.54, 1.807) is 6.92 Å². The lowest BCUT2D eigenvalue weighted by Gasteiger charge is -2.07. The fourth-order valence-electron chi connectivity index (χ4n) is 1.66.